The summed E-state index contributed by atoms with van der Waals surface area (Å²) in [5.74, 6) is -0.131. The number of urea groups is 1. The molecule has 110 valence electrons. The molecule has 0 bridgehead atoms. The number of carbonyl (C=O) groups is 2. The van der Waals surface area contributed by atoms with Crippen LogP contribution in [0.25, 0.3) is 0 Å². The fraction of sp³-hybridized carbons (Fsp3) is 0.500. The number of hydrogen-bond donors (Lipinski definition) is 1. The molecule has 8 heteroatoms. The molecule has 0 unspecified atom stereocenters. The first-order chi connectivity index (χ1) is 9.52. The van der Waals surface area contributed by atoms with Crippen molar-refractivity contribution in [2.24, 2.45) is 0 Å². The predicted octanol–water partition coefficient (Wildman–Crippen LogP) is 2.54. The monoisotopic (exact) mass is 335 g/mol. The number of hydrogen-bond acceptors (Lipinski definition) is 3. The van der Waals surface area contributed by atoms with Gasteiger partial charge in [0, 0.05) is 32.7 Å². The van der Waals surface area contributed by atoms with Crippen molar-refractivity contribution >= 4 is 46.5 Å². The van der Waals surface area contributed by atoms with Gasteiger partial charge in [0.1, 0.15) is 4.34 Å². The highest BCUT2D eigenvalue weighted by molar-refractivity contribution is 7.20. The van der Waals surface area contributed by atoms with Crippen LogP contribution >= 0.6 is 34.5 Å². The van der Waals surface area contributed by atoms with Crippen molar-refractivity contribution in [3.63, 3.8) is 0 Å². The molecule has 1 aromatic rings. The lowest BCUT2D eigenvalue weighted by molar-refractivity contribution is 0.0666. The lowest BCUT2D eigenvalue weighted by Gasteiger charge is -2.34. The van der Waals surface area contributed by atoms with Crippen LogP contribution < -0.4 is 5.32 Å². The molecule has 0 spiro atoms. The van der Waals surface area contributed by atoms with Crippen molar-refractivity contribution < 1.29 is 9.59 Å². The summed E-state index contributed by atoms with van der Waals surface area (Å²) in [6, 6.07) is 1.50. The number of halogens is 2. The number of nitrogens with one attached hydrogen (secondary N) is 1. The largest absolute Gasteiger partial charge is 0.338 e. The van der Waals surface area contributed by atoms with Crippen molar-refractivity contribution in [2.45, 2.75) is 6.92 Å². The first-order valence-electron chi connectivity index (χ1n) is 6.29. The molecular weight excluding hydrogens is 321 g/mol. The van der Waals surface area contributed by atoms with Gasteiger partial charge in [-0.3, -0.25) is 4.79 Å². The highest BCUT2D eigenvalue weighted by atomic mass is 35.5. The first-order valence-corrected chi connectivity index (χ1v) is 7.87. The Hall–Kier alpha value is -0.980. The Morgan fingerprint density at radius 1 is 1.25 bits per heavy atom. The van der Waals surface area contributed by atoms with E-state index in [0.29, 0.717) is 47.0 Å². The highest BCUT2D eigenvalue weighted by Gasteiger charge is 2.26. The summed E-state index contributed by atoms with van der Waals surface area (Å²) in [4.78, 5) is 27.4. The lowest BCUT2D eigenvalue weighted by atomic mass is 10.2. The molecule has 1 saturated heterocycles. The third-order valence-corrected chi connectivity index (χ3v) is 4.56. The highest BCUT2D eigenvalue weighted by Crippen LogP contribution is 2.32. The minimum absolute atomic E-state index is 0.0868. The number of carbonyl (C=O) groups excluding carboxylic acids is 2. The van der Waals surface area contributed by atoms with Crippen molar-refractivity contribution in [1.29, 1.82) is 0 Å². The second-order valence-corrected chi connectivity index (χ2v) is 6.64. The Morgan fingerprint density at radius 3 is 2.35 bits per heavy atom. The predicted molar refractivity (Wildman–Crippen MR) is 80.9 cm³/mol. The van der Waals surface area contributed by atoms with E-state index in [1.165, 1.54) is 11.3 Å². The average Bonchev–Trinajstić information content (AvgIpc) is 2.77. The van der Waals surface area contributed by atoms with Crippen LogP contribution in [0.15, 0.2) is 6.07 Å². The Bertz CT molecular complexity index is 513. The normalized spacial score (nSPS) is 15.3. The summed E-state index contributed by atoms with van der Waals surface area (Å²) >= 11 is 13.0. The smallest absolute Gasteiger partial charge is 0.317 e. The fourth-order valence-corrected chi connectivity index (χ4v) is 3.48. The summed E-state index contributed by atoms with van der Waals surface area (Å²) in [6.07, 6.45) is 0. The van der Waals surface area contributed by atoms with Gasteiger partial charge in [0.15, 0.2) is 0 Å². The lowest BCUT2D eigenvalue weighted by Crippen LogP contribution is -2.53. The maximum absolute atomic E-state index is 12.3. The molecule has 0 atom stereocenters. The third-order valence-electron chi connectivity index (χ3n) is 3.07. The van der Waals surface area contributed by atoms with Crippen LogP contribution in [0.3, 0.4) is 0 Å². The van der Waals surface area contributed by atoms with E-state index >= 15 is 0 Å². The number of piperazine rings is 1. The van der Waals surface area contributed by atoms with Gasteiger partial charge in [-0.1, -0.05) is 23.2 Å². The van der Waals surface area contributed by atoms with E-state index in [9.17, 15) is 9.59 Å². The van der Waals surface area contributed by atoms with E-state index in [1.54, 1.807) is 15.9 Å². The number of nitrogens with zero attached hydrogens (tertiary/aromatic N) is 2. The van der Waals surface area contributed by atoms with Gasteiger partial charge in [-0.15, -0.1) is 11.3 Å². The van der Waals surface area contributed by atoms with E-state index < -0.39 is 0 Å². The molecule has 0 radical (unpaired) electrons. The first kappa shape index (κ1) is 15.4. The van der Waals surface area contributed by atoms with Gasteiger partial charge in [-0.05, 0) is 13.0 Å². The molecule has 2 heterocycles. The van der Waals surface area contributed by atoms with Crippen LogP contribution in [0.2, 0.25) is 8.67 Å². The second kappa shape index (κ2) is 6.65. The van der Waals surface area contributed by atoms with Crippen molar-refractivity contribution in [2.75, 3.05) is 32.7 Å². The molecule has 1 aliphatic rings. The Labute approximate surface area is 131 Å². The number of amides is 3. The molecule has 0 aliphatic carbocycles. The van der Waals surface area contributed by atoms with Gasteiger partial charge < -0.3 is 15.1 Å². The molecule has 0 saturated carbocycles. The molecule has 2 rings (SSSR count). The molecular formula is C12H15Cl2N3O2S. The van der Waals surface area contributed by atoms with Gasteiger partial charge in [0.2, 0.25) is 0 Å². The minimum atomic E-state index is -0.131. The Morgan fingerprint density at radius 2 is 1.85 bits per heavy atom. The van der Waals surface area contributed by atoms with Crippen molar-refractivity contribution in [3.8, 4) is 0 Å². The van der Waals surface area contributed by atoms with Crippen molar-refractivity contribution in [3.05, 3.63) is 20.3 Å². The van der Waals surface area contributed by atoms with Gasteiger partial charge in [-0.25, -0.2) is 4.79 Å². The van der Waals surface area contributed by atoms with Crippen LogP contribution in [0.4, 0.5) is 4.79 Å². The van der Waals surface area contributed by atoms with E-state index in [0.717, 1.165) is 0 Å². The summed E-state index contributed by atoms with van der Waals surface area (Å²) < 4.78 is 0.908. The van der Waals surface area contributed by atoms with Crippen LogP contribution in [-0.2, 0) is 0 Å². The SMILES string of the molecule is CCNC(=O)N1CCN(C(=O)c2cc(Cl)sc2Cl)CC1. The molecule has 1 aliphatic heterocycles. The number of rotatable bonds is 2. The summed E-state index contributed by atoms with van der Waals surface area (Å²) in [6.45, 7) is 4.51. The van der Waals surface area contributed by atoms with Gasteiger partial charge in [0.25, 0.3) is 5.91 Å². The third kappa shape index (κ3) is 3.37. The Kier molecular flexibility index (Phi) is 5.12. The van der Waals surface area contributed by atoms with E-state index in [1.807, 2.05) is 6.92 Å². The van der Waals surface area contributed by atoms with Crippen LogP contribution in [0.1, 0.15) is 17.3 Å². The average molecular weight is 336 g/mol. The topological polar surface area (TPSA) is 52.7 Å². The van der Waals surface area contributed by atoms with Gasteiger partial charge in [-0.2, -0.15) is 0 Å². The molecule has 20 heavy (non-hydrogen) atoms. The van der Waals surface area contributed by atoms with Gasteiger partial charge >= 0.3 is 6.03 Å². The Balaban J connectivity index is 1.95. The van der Waals surface area contributed by atoms with Gasteiger partial charge in [0.05, 0.1) is 9.90 Å². The molecule has 1 fully saturated rings. The summed E-state index contributed by atoms with van der Waals surface area (Å²) in [5.41, 5.74) is 0.438. The molecule has 0 aromatic carbocycles. The standard InChI is InChI=1S/C12H15Cl2N3O2S/c1-2-15-12(19)17-5-3-16(4-6-17)11(18)8-7-9(13)20-10(8)14/h7H,2-6H2,1H3,(H,15,19). The quantitative estimate of drug-likeness (QED) is 0.902. The minimum Gasteiger partial charge on any atom is -0.338 e. The van der Waals surface area contributed by atoms with Crippen LogP contribution in [0.5, 0.6) is 0 Å². The zero-order valence-corrected chi connectivity index (χ0v) is 13.3. The van der Waals surface area contributed by atoms with Crippen LogP contribution in [0, 0.1) is 0 Å². The number of thiophene rings is 1. The maximum Gasteiger partial charge on any atom is 0.317 e. The second-order valence-electron chi connectivity index (χ2n) is 4.35. The maximum atomic E-state index is 12.3. The van der Waals surface area contributed by atoms with E-state index in [2.05, 4.69) is 5.32 Å². The van der Waals surface area contributed by atoms with E-state index in [-0.39, 0.29) is 11.9 Å². The zero-order valence-electron chi connectivity index (χ0n) is 11.0. The molecule has 5 nitrogen and oxygen atoms in total. The molecule has 3 amide bonds. The summed E-state index contributed by atoms with van der Waals surface area (Å²) in [7, 11) is 0. The fourth-order valence-electron chi connectivity index (χ4n) is 2.03. The zero-order chi connectivity index (χ0) is 14.7. The molecule has 1 aromatic heterocycles. The van der Waals surface area contributed by atoms with Crippen molar-refractivity contribution in [1.82, 2.24) is 15.1 Å². The summed E-state index contributed by atoms with van der Waals surface area (Å²) in [5, 5.41) is 2.75. The van der Waals surface area contributed by atoms with Crippen LogP contribution in [-0.4, -0.2) is 54.5 Å². The molecule has 1 N–H and O–H groups in total. The van der Waals surface area contributed by atoms with E-state index in [4.69, 9.17) is 23.2 Å².